The number of aliphatic hydroxyl groups excluding tert-OH is 1. The molecule has 1 aromatic carbocycles. The van der Waals surface area contributed by atoms with Gasteiger partial charge in [0.05, 0.1) is 27.4 Å². The summed E-state index contributed by atoms with van der Waals surface area (Å²) in [5.74, 6) is 1.63. The fourth-order valence-corrected chi connectivity index (χ4v) is 2.07. The van der Waals surface area contributed by atoms with Gasteiger partial charge in [-0.2, -0.15) is 5.10 Å². The van der Waals surface area contributed by atoms with E-state index in [0.29, 0.717) is 29.4 Å². The smallest absolute Gasteiger partial charge is 0.203 e. The van der Waals surface area contributed by atoms with Gasteiger partial charge in [-0.1, -0.05) is 0 Å². The van der Waals surface area contributed by atoms with E-state index in [2.05, 4.69) is 5.10 Å². The third-order valence-corrected chi connectivity index (χ3v) is 3.23. The number of aliphatic hydroxyl groups is 1. The highest BCUT2D eigenvalue weighted by Gasteiger charge is 2.14. The van der Waals surface area contributed by atoms with Crippen molar-refractivity contribution in [1.82, 2.24) is 9.78 Å². The first-order valence-electron chi connectivity index (χ1n) is 6.65. The van der Waals surface area contributed by atoms with Gasteiger partial charge in [-0.3, -0.25) is 4.68 Å². The molecule has 21 heavy (non-hydrogen) atoms. The van der Waals surface area contributed by atoms with E-state index in [9.17, 15) is 5.11 Å². The zero-order valence-corrected chi connectivity index (χ0v) is 12.5. The second kappa shape index (κ2) is 6.99. The van der Waals surface area contributed by atoms with Gasteiger partial charge >= 0.3 is 0 Å². The molecular weight excluding hydrogens is 272 g/mol. The van der Waals surface area contributed by atoms with Gasteiger partial charge in [-0.25, -0.2) is 0 Å². The third-order valence-electron chi connectivity index (χ3n) is 3.23. The van der Waals surface area contributed by atoms with Crippen molar-refractivity contribution in [3.8, 4) is 17.2 Å². The summed E-state index contributed by atoms with van der Waals surface area (Å²) in [5.41, 5.74) is 1.79. The van der Waals surface area contributed by atoms with E-state index < -0.39 is 0 Å². The second-order valence-electron chi connectivity index (χ2n) is 4.53. The summed E-state index contributed by atoms with van der Waals surface area (Å²) in [7, 11) is 5.01. The Labute approximate surface area is 123 Å². The van der Waals surface area contributed by atoms with E-state index in [1.54, 1.807) is 32.5 Å². The first kappa shape index (κ1) is 15.2. The molecule has 2 rings (SSSR count). The summed E-state index contributed by atoms with van der Waals surface area (Å²) in [4.78, 5) is 0. The number of aryl methyl sites for hydroxylation is 1. The van der Waals surface area contributed by atoms with Crippen LogP contribution in [0, 0.1) is 0 Å². The Balaban J connectivity index is 2.13. The van der Waals surface area contributed by atoms with Crippen LogP contribution in [0.4, 0.5) is 0 Å². The topological polar surface area (TPSA) is 65.7 Å². The molecule has 2 aromatic rings. The quantitative estimate of drug-likeness (QED) is 0.838. The molecule has 0 unspecified atom stereocenters. The lowest BCUT2D eigenvalue weighted by Gasteiger charge is -2.15. The van der Waals surface area contributed by atoms with Gasteiger partial charge in [0.2, 0.25) is 5.75 Å². The van der Waals surface area contributed by atoms with Crippen LogP contribution in [-0.2, 0) is 20.1 Å². The Morgan fingerprint density at radius 1 is 1.19 bits per heavy atom. The predicted molar refractivity (Wildman–Crippen MR) is 77.9 cm³/mol. The normalized spacial score (nSPS) is 10.5. The minimum atomic E-state index is -0.0813. The van der Waals surface area contributed by atoms with Gasteiger partial charge in [-0.05, 0) is 23.8 Å². The molecule has 0 atom stereocenters. The van der Waals surface area contributed by atoms with Crippen molar-refractivity contribution in [1.29, 1.82) is 0 Å². The second-order valence-corrected chi connectivity index (χ2v) is 4.53. The van der Waals surface area contributed by atoms with Crippen molar-refractivity contribution in [3.63, 3.8) is 0 Å². The summed E-state index contributed by atoms with van der Waals surface area (Å²) >= 11 is 0. The summed E-state index contributed by atoms with van der Waals surface area (Å²) in [5, 5.41) is 13.4. The van der Waals surface area contributed by atoms with E-state index in [-0.39, 0.29) is 6.61 Å². The number of hydrogen-bond donors (Lipinski definition) is 1. The minimum Gasteiger partial charge on any atom is -0.493 e. The molecule has 0 radical (unpaired) electrons. The molecule has 0 aliphatic rings. The molecule has 0 fully saturated rings. The Morgan fingerprint density at radius 2 is 1.86 bits per heavy atom. The molecule has 0 saturated carbocycles. The first-order valence-corrected chi connectivity index (χ1v) is 6.65. The predicted octanol–water partition coefficient (Wildman–Crippen LogP) is 1.55. The number of benzene rings is 1. The van der Waals surface area contributed by atoms with Crippen LogP contribution in [0.2, 0.25) is 0 Å². The minimum absolute atomic E-state index is 0.0813. The molecule has 1 N–H and O–H groups in total. The third kappa shape index (κ3) is 3.46. The highest BCUT2D eigenvalue weighted by molar-refractivity contribution is 5.53. The molecule has 6 heteroatoms. The van der Waals surface area contributed by atoms with Crippen LogP contribution >= 0.6 is 0 Å². The van der Waals surface area contributed by atoms with Gasteiger partial charge in [0, 0.05) is 25.4 Å². The maximum Gasteiger partial charge on any atom is 0.203 e. The molecule has 1 heterocycles. The van der Waals surface area contributed by atoms with E-state index in [1.165, 1.54) is 0 Å². The molecular formula is C15H20N2O4. The molecule has 0 spiro atoms. The van der Waals surface area contributed by atoms with Crippen LogP contribution in [0.3, 0.4) is 0 Å². The number of rotatable bonds is 7. The SMILES string of the molecule is COc1cc(CO)cc(OC)c1OCCc1ccnn1C. The molecule has 0 aliphatic carbocycles. The summed E-state index contributed by atoms with van der Waals surface area (Å²) in [6, 6.07) is 5.43. The average Bonchev–Trinajstić information content (AvgIpc) is 2.92. The van der Waals surface area contributed by atoms with Gasteiger partial charge in [-0.15, -0.1) is 0 Å². The van der Waals surface area contributed by atoms with Crippen LogP contribution in [0.1, 0.15) is 11.3 Å². The van der Waals surface area contributed by atoms with Gasteiger partial charge in [0.25, 0.3) is 0 Å². The van der Waals surface area contributed by atoms with Crippen molar-refractivity contribution in [2.45, 2.75) is 13.0 Å². The number of nitrogens with zero attached hydrogens (tertiary/aromatic N) is 2. The lowest BCUT2D eigenvalue weighted by molar-refractivity contribution is 0.266. The molecule has 6 nitrogen and oxygen atoms in total. The van der Waals surface area contributed by atoms with Gasteiger partial charge in [0.15, 0.2) is 11.5 Å². The van der Waals surface area contributed by atoms with Crippen molar-refractivity contribution < 1.29 is 19.3 Å². The number of methoxy groups -OCH3 is 2. The molecule has 0 saturated heterocycles. The van der Waals surface area contributed by atoms with Crippen molar-refractivity contribution in [3.05, 3.63) is 35.7 Å². The number of ether oxygens (including phenoxy) is 3. The Kier molecular flexibility index (Phi) is 5.05. The summed E-state index contributed by atoms with van der Waals surface area (Å²) < 4.78 is 18.2. The zero-order chi connectivity index (χ0) is 15.2. The number of aromatic nitrogens is 2. The summed E-state index contributed by atoms with van der Waals surface area (Å²) in [6.45, 7) is 0.396. The highest BCUT2D eigenvalue weighted by atomic mass is 16.5. The lowest BCUT2D eigenvalue weighted by atomic mass is 10.2. The molecule has 114 valence electrons. The zero-order valence-electron chi connectivity index (χ0n) is 12.5. The van der Waals surface area contributed by atoms with E-state index >= 15 is 0 Å². The maximum atomic E-state index is 9.24. The van der Waals surface area contributed by atoms with Crippen molar-refractivity contribution in [2.75, 3.05) is 20.8 Å². The van der Waals surface area contributed by atoms with Crippen LogP contribution < -0.4 is 14.2 Å². The van der Waals surface area contributed by atoms with Gasteiger partial charge in [0.1, 0.15) is 0 Å². The summed E-state index contributed by atoms with van der Waals surface area (Å²) in [6.07, 6.45) is 2.48. The average molecular weight is 292 g/mol. The largest absolute Gasteiger partial charge is 0.493 e. The van der Waals surface area contributed by atoms with Crippen molar-refractivity contribution >= 4 is 0 Å². The fourth-order valence-electron chi connectivity index (χ4n) is 2.07. The molecule has 0 aliphatic heterocycles. The fraction of sp³-hybridized carbons (Fsp3) is 0.400. The van der Waals surface area contributed by atoms with E-state index in [4.69, 9.17) is 14.2 Å². The molecule has 1 aromatic heterocycles. The van der Waals surface area contributed by atoms with Gasteiger partial charge < -0.3 is 19.3 Å². The number of hydrogen-bond acceptors (Lipinski definition) is 5. The lowest BCUT2D eigenvalue weighted by Crippen LogP contribution is -2.07. The highest BCUT2D eigenvalue weighted by Crippen LogP contribution is 2.38. The van der Waals surface area contributed by atoms with Crippen LogP contribution in [0.15, 0.2) is 24.4 Å². The first-order chi connectivity index (χ1) is 10.2. The Hall–Kier alpha value is -2.21. The van der Waals surface area contributed by atoms with Crippen molar-refractivity contribution in [2.24, 2.45) is 7.05 Å². The van der Waals surface area contributed by atoms with Crippen LogP contribution in [0.5, 0.6) is 17.2 Å². The standard InChI is InChI=1S/C15H20N2O4/c1-17-12(4-6-16-17)5-7-21-15-13(19-2)8-11(10-18)9-14(15)20-3/h4,6,8-9,18H,5,7,10H2,1-3H3. The molecule has 0 bridgehead atoms. The maximum absolute atomic E-state index is 9.24. The Bertz CT molecular complexity index is 570. The molecule has 0 amide bonds. The van der Waals surface area contributed by atoms with Crippen LogP contribution in [-0.4, -0.2) is 35.7 Å². The van der Waals surface area contributed by atoms with E-state index in [1.807, 2.05) is 17.8 Å². The Morgan fingerprint density at radius 3 is 2.33 bits per heavy atom. The van der Waals surface area contributed by atoms with Crippen LogP contribution in [0.25, 0.3) is 0 Å². The monoisotopic (exact) mass is 292 g/mol. The van der Waals surface area contributed by atoms with E-state index in [0.717, 1.165) is 12.1 Å².